The molecule has 0 bridgehead atoms. The van der Waals surface area contributed by atoms with E-state index in [1.807, 2.05) is 4.57 Å². The number of allylic oxidation sites excluding steroid dienone is 2. The molecule has 2 aromatic rings. The Morgan fingerprint density at radius 3 is 2.68 bits per heavy atom. The van der Waals surface area contributed by atoms with E-state index in [2.05, 4.69) is 51.2 Å². The Hall–Kier alpha value is -2.82. The van der Waals surface area contributed by atoms with Gasteiger partial charge in [0.25, 0.3) is 0 Å². The molecule has 1 aromatic carbocycles. The Labute approximate surface area is 164 Å². The van der Waals surface area contributed by atoms with Gasteiger partial charge >= 0.3 is 5.97 Å². The second kappa shape index (κ2) is 6.36. The molecule has 0 saturated carbocycles. The molecule has 0 spiro atoms. The van der Waals surface area contributed by atoms with Crippen molar-refractivity contribution in [2.45, 2.75) is 46.6 Å². The monoisotopic (exact) mass is 378 g/mol. The van der Waals surface area contributed by atoms with Gasteiger partial charge in [0.05, 0.1) is 0 Å². The van der Waals surface area contributed by atoms with Crippen LogP contribution >= 0.6 is 0 Å². The van der Waals surface area contributed by atoms with Gasteiger partial charge in [-0.25, -0.2) is 4.79 Å². The van der Waals surface area contributed by atoms with E-state index in [0.29, 0.717) is 0 Å². The minimum atomic E-state index is -1.17. The molecule has 2 heterocycles. The second-order valence-corrected chi connectivity index (χ2v) is 8.73. The number of carboxylic acid groups (broad SMARTS) is 1. The van der Waals surface area contributed by atoms with Crippen LogP contribution in [0.5, 0.6) is 0 Å². The summed E-state index contributed by atoms with van der Waals surface area (Å²) in [6.07, 6.45) is 3.14. The van der Waals surface area contributed by atoms with Gasteiger partial charge in [0.2, 0.25) is 0 Å². The average Bonchev–Trinajstić information content (AvgIpc) is 3.00. The smallest absolute Gasteiger partial charge is 0.341 e. The number of anilines is 1. The minimum Gasteiger partial charge on any atom is -0.477 e. The van der Waals surface area contributed by atoms with E-state index in [1.54, 1.807) is 6.20 Å². The first-order chi connectivity index (χ1) is 13.2. The topological polar surface area (TPSA) is 71.3 Å². The number of pyridine rings is 1. The Morgan fingerprint density at radius 1 is 1.29 bits per heavy atom. The Kier molecular flexibility index (Phi) is 4.21. The van der Waals surface area contributed by atoms with Gasteiger partial charge in [-0.05, 0) is 47.1 Å². The molecule has 5 nitrogen and oxygen atoms in total. The summed E-state index contributed by atoms with van der Waals surface area (Å²) in [6.45, 7) is 9.42. The molecule has 28 heavy (non-hydrogen) atoms. The fourth-order valence-corrected chi connectivity index (χ4v) is 4.57. The van der Waals surface area contributed by atoms with Crippen molar-refractivity contribution in [2.24, 2.45) is 5.41 Å². The number of aromatic nitrogens is 1. The molecule has 0 radical (unpaired) electrons. The molecule has 0 saturated heterocycles. The average molecular weight is 378 g/mol. The molecule has 1 aliphatic carbocycles. The largest absolute Gasteiger partial charge is 0.477 e. The number of hydrogen-bond acceptors (Lipinski definition) is 3. The molecule has 0 unspecified atom stereocenters. The molecule has 1 atom stereocenters. The third-order valence-corrected chi connectivity index (χ3v) is 5.94. The van der Waals surface area contributed by atoms with Crippen LogP contribution in [0, 0.1) is 5.41 Å². The summed E-state index contributed by atoms with van der Waals surface area (Å²) in [5.74, 6) is -1.17. The van der Waals surface area contributed by atoms with Gasteiger partial charge in [-0.1, -0.05) is 32.9 Å². The van der Waals surface area contributed by atoms with E-state index in [1.165, 1.54) is 22.8 Å². The van der Waals surface area contributed by atoms with Crippen molar-refractivity contribution in [1.29, 1.82) is 0 Å². The molecule has 0 amide bonds. The standard InChI is InChI=1S/C23H26N2O3/c1-5-24-18-8-6-7-13-14-10-21(23(2,3)4)25-12-17(22(27)28)20(26)11-19(25)16(14)9-15(13)18/h6-8,11-12,21,24H,5,9-10H2,1-4H3,(H,27,28)/t21-/m0/s1. The lowest BCUT2D eigenvalue weighted by Gasteiger charge is -2.39. The molecule has 2 N–H and O–H groups in total. The predicted molar refractivity (Wildman–Crippen MR) is 112 cm³/mol. The quantitative estimate of drug-likeness (QED) is 0.828. The van der Waals surface area contributed by atoms with Gasteiger partial charge in [0.15, 0.2) is 5.43 Å². The molecule has 4 rings (SSSR count). The third-order valence-electron chi connectivity index (χ3n) is 5.94. The number of aromatic carboxylic acids is 1. The number of hydrogen-bond donors (Lipinski definition) is 2. The highest BCUT2D eigenvalue weighted by molar-refractivity contribution is 5.99. The van der Waals surface area contributed by atoms with Crippen LogP contribution in [-0.2, 0) is 6.42 Å². The van der Waals surface area contributed by atoms with Crippen molar-refractivity contribution in [1.82, 2.24) is 4.57 Å². The first kappa shape index (κ1) is 18.5. The molecular formula is C23H26N2O3. The summed E-state index contributed by atoms with van der Waals surface area (Å²) < 4.78 is 2.03. The highest BCUT2D eigenvalue weighted by Gasteiger charge is 2.38. The van der Waals surface area contributed by atoms with Gasteiger partial charge < -0.3 is 15.0 Å². The maximum Gasteiger partial charge on any atom is 0.341 e. The van der Waals surface area contributed by atoms with Crippen LogP contribution in [0.3, 0.4) is 0 Å². The SMILES string of the molecule is CCNc1cccc2c1CC1=C2C[C@@H](C(C)(C)C)n2cc(C(=O)O)c(=O)cc21. The summed E-state index contributed by atoms with van der Waals surface area (Å²) >= 11 is 0. The van der Waals surface area contributed by atoms with Gasteiger partial charge in [0, 0.05) is 42.7 Å². The zero-order chi connectivity index (χ0) is 20.2. The number of nitrogens with one attached hydrogen (secondary N) is 1. The Bertz CT molecular complexity index is 1070. The first-order valence-corrected chi connectivity index (χ1v) is 9.80. The summed E-state index contributed by atoms with van der Waals surface area (Å²) in [4.78, 5) is 24.0. The van der Waals surface area contributed by atoms with Crippen molar-refractivity contribution in [3.63, 3.8) is 0 Å². The van der Waals surface area contributed by atoms with Crippen molar-refractivity contribution >= 4 is 22.8 Å². The maximum atomic E-state index is 12.5. The van der Waals surface area contributed by atoms with Crippen LogP contribution in [0.1, 0.15) is 67.3 Å². The molecule has 1 aliphatic heterocycles. The third kappa shape index (κ3) is 2.77. The predicted octanol–water partition coefficient (Wildman–Crippen LogP) is 4.44. The first-order valence-electron chi connectivity index (χ1n) is 9.80. The van der Waals surface area contributed by atoms with Gasteiger partial charge in [-0.15, -0.1) is 0 Å². The van der Waals surface area contributed by atoms with E-state index in [9.17, 15) is 14.7 Å². The normalized spacial score (nSPS) is 17.8. The number of nitrogens with zero attached hydrogens (tertiary/aromatic N) is 1. The van der Waals surface area contributed by atoms with Crippen molar-refractivity contribution in [3.8, 4) is 0 Å². The van der Waals surface area contributed by atoms with Gasteiger partial charge in [-0.3, -0.25) is 4.79 Å². The van der Waals surface area contributed by atoms with E-state index < -0.39 is 11.4 Å². The van der Waals surface area contributed by atoms with Crippen LogP contribution in [0.15, 0.2) is 35.3 Å². The highest BCUT2D eigenvalue weighted by Crippen LogP contribution is 2.51. The van der Waals surface area contributed by atoms with E-state index in [-0.39, 0.29) is 17.0 Å². The number of carboxylic acids is 1. The number of rotatable bonds is 3. The molecule has 1 aromatic heterocycles. The number of fused-ring (bicyclic) bond motifs is 4. The maximum absolute atomic E-state index is 12.5. The van der Waals surface area contributed by atoms with Crippen LogP contribution < -0.4 is 10.7 Å². The fourth-order valence-electron chi connectivity index (χ4n) is 4.57. The van der Waals surface area contributed by atoms with E-state index in [4.69, 9.17) is 0 Å². The lowest BCUT2D eigenvalue weighted by atomic mass is 9.78. The molecule has 5 heteroatoms. The van der Waals surface area contributed by atoms with E-state index >= 15 is 0 Å². The van der Waals surface area contributed by atoms with Crippen LogP contribution in [0.2, 0.25) is 0 Å². The number of benzene rings is 1. The number of carbonyl (C=O) groups is 1. The molecule has 146 valence electrons. The van der Waals surface area contributed by atoms with Crippen LogP contribution in [0.25, 0.3) is 11.1 Å². The fraction of sp³-hybridized carbons (Fsp3) is 0.391. The lowest BCUT2D eigenvalue weighted by molar-refractivity contribution is 0.0693. The summed E-state index contributed by atoms with van der Waals surface area (Å²) in [6, 6.07) is 7.94. The Balaban J connectivity index is 1.94. The zero-order valence-corrected chi connectivity index (χ0v) is 16.8. The summed E-state index contributed by atoms with van der Waals surface area (Å²) in [5.41, 5.74) is 6.28. The van der Waals surface area contributed by atoms with E-state index in [0.717, 1.165) is 36.3 Å². The highest BCUT2D eigenvalue weighted by atomic mass is 16.4. The van der Waals surface area contributed by atoms with Crippen LogP contribution in [0.4, 0.5) is 5.69 Å². The van der Waals surface area contributed by atoms with Crippen LogP contribution in [-0.4, -0.2) is 22.2 Å². The van der Waals surface area contributed by atoms with Crippen molar-refractivity contribution < 1.29 is 9.90 Å². The summed E-state index contributed by atoms with van der Waals surface area (Å²) in [5, 5.41) is 12.9. The van der Waals surface area contributed by atoms with Gasteiger partial charge in [0.1, 0.15) is 5.56 Å². The molecular weight excluding hydrogens is 352 g/mol. The summed E-state index contributed by atoms with van der Waals surface area (Å²) in [7, 11) is 0. The van der Waals surface area contributed by atoms with Gasteiger partial charge in [-0.2, -0.15) is 0 Å². The molecule has 2 aliphatic rings. The minimum absolute atomic E-state index is 0.0775. The molecule has 0 fully saturated rings. The second-order valence-electron chi connectivity index (χ2n) is 8.73. The Morgan fingerprint density at radius 2 is 2.04 bits per heavy atom. The van der Waals surface area contributed by atoms with Crippen molar-refractivity contribution in [3.05, 3.63) is 63.1 Å². The lowest BCUT2D eigenvalue weighted by Crippen LogP contribution is -2.32. The zero-order valence-electron chi connectivity index (χ0n) is 16.8. The van der Waals surface area contributed by atoms with Crippen molar-refractivity contribution in [2.75, 3.05) is 11.9 Å².